The average molecular weight is 429 g/mol. The molecule has 0 bridgehead atoms. The molecule has 0 atom stereocenters. The number of anilines is 1. The van der Waals surface area contributed by atoms with Gasteiger partial charge in [-0.25, -0.2) is 9.59 Å². The third kappa shape index (κ3) is 5.97. The van der Waals surface area contributed by atoms with Crippen LogP contribution < -0.4 is 10.6 Å². The van der Waals surface area contributed by atoms with Crippen molar-refractivity contribution in [3.63, 3.8) is 0 Å². The Balaban J connectivity index is 1.51. The van der Waals surface area contributed by atoms with E-state index in [2.05, 4.69) is 9.84 Å². The molecule has 1 saturated heterocycles. The first-order valence-electron chi connectivity index (χ1n) is 10.1. The summed E-state index contributed by atoms with van der Waals surface area (Å²) in [4.78, 5) is 38.4. The molecule has 3 rings (SSSR count). The van der Waals surface area contributed by atoms with E-state index < -0.39 is 12.0 Å². The van der Waals surface area contributed by atoms with Crippen LogP contribution in [0.2, 0.25) is 0 Å². The highest BCUT2D eigenvalue weighted by molar-refractivity contribution is 5.91. The van der Waals surface area contributed by atoms with Crippen molar-refractivity contribution in [3.05, 3.63) is 48.3 Å². The number of amides is 3. The number of nitrogens with zero attached hydrogens (tertiary/aromatic N) is 4. The van der Waals surface area contributed by atoms with E-state index in [4.69, 9.17) is 10.5 Å². The molecule has 10 heteroatoms. The van der Waals surface area contributed by atoms with Gasteiger partial charge in [-0.05, 0) is 18.4 Å². The molecule has 0 spiro atoms. The molecule has 166 valence electrons. The maximum Gasteiger partial charge on any atom is 0.410 e. The molecule has 0 saturated carbocycles. The van der Waals surface area contributed by atoms with Crippen molar-refractivity contribution in [2.45, 2.75) is 31.9 Å². The minimum Gasteiger partial charge on any atom is -0.469 e. The number of carbonyl (C=O) groups is 3. The van der Waals surface area contributed by atoms with Crippen molar-refractivity contribution in [1.82, 2.24) is 14.7 Å². The SMILES string of the molecule is COC(=O)CCN(C(N)=O)c1cnn(C2CCN(C(=O)OCc3ccccc3)CC2)c1. The number of carbonyl (C=O) groups excluding carboxylic acids is 3. The topological polar surface area (TPSA) is 120 Å². The van der Waals surface area contributed by atoms with Crippen molar-refractivity contribution in [1.29, 1.82) is 0 Å². The fourth-order valence-corrected chi connectivity index (χ4v) is 3.46. The summed E-state index contributed by atoms with van der Waals surface area (Å²) in [5.74, 6) is -0.426. The second-order valence-corrected chi connectivity index (χ2v) is 7.25. The first-order valence-corrected chi connectivity index (χ1v) is 10.1. The van der Waals surface area contributed by atoms with Gasteiger partial charge in [0, 0.05) is 25.8 Å². The smallest absolute Gasteiger partial charge is 0.410 e. The summed E-state index contributed by atoms with van der Waals surface area (Å²) in [5, 5.41) is 4.35. The van der Waals surface area contributed by atoms with E-state index in [0.29, 0.717) is 31.6 Å². The second kappa shape index (κ2) is 10.5. The number of rotatable bonds is 7. The van der Waals surface area contributed by atoms with E-state index in [1.165, 1.54) is 12.0 Å². The van der Waals surface area contributed by atoms with Crippen LogP contribution in [0.1, 0.15) is 30.9 Å². The molecule has 2 aromatic rings. The Bertz CT molecular complexity index is 893. The van der Waals surface area contributed by atoms with Gasteiger partial charge in [-0.3, -0.25) is 14.4 Å². The molecule has 31 heavy (non-hydrogen) atoms. The van der Waals surface area contributed by atoms with Crippen molar-refractivity contribution in [3.8, 4) is 0 Å². The predicted molar refractivity (Wildman–Crippen MR) is 112 cm³/mol. The van der Waals surface area contributed by atoms with E-state index in [9.17, 15) is 14.4 Å². The Morgan fingerprint density at radius 3 is 2.55 bits per heavy atom. The number of hydrogen-bond acceptors (Lipinski definition) is 6. The number of ether oxygens (including phenoxy) is 2. The summed E-state index contributed by atoms with van der Waals surface area (Å²) in [6, 6.07) is 8.97. The van der Waals surface area contributed by atoms with Gasteiger partial charge in [-0.2, -0.15) is 5.10 Å². The van der Waals surface area contributed by atoms with Crippen molar-refractivity contribution in [2.75, 3.05) is 31.6 Å². The minimum atomic E-state index is -0.667. The fraction of sp³-hybridized carbons (Fsp3) is 0.429. The second-order valence-electron chi connectivity index (χ2n) is 7.25. The largest absolute Gasteiger partial charge is 0.469 e. The maximum atomic E-state index is 12.3. The zero-order valence-electron chi connectivity index (χ0n) is 17.5. The van der Waals surface area contributed by atoms with E-state index in [0.717, 1.165) is 5.56 Å². The molecule has 0 radical (unpaired) electrons. The molecule has 10 nitrogen and oxygen atoms in total. The van der Waals surface area contributed by atoms with Gasteiger partial charge in [0.15, 0.2) is 0 Å². The quantitative estimate of drug-likeness (QED) is 0.675. The number of piperidine rings is 1. The van der Waals surface area contributed by atoms with Gasteiger partial charge < -0.3 is 20.1 Å². The standard InChI is InChI=1S/C21H27N5O5/c1-30-19(27)9-12-25(20(22)28)18-13-23-26(14-18)17-7-10-24(11-8-17)21(29)31-15-16-5-3-2-4-6-16/h2-6,13-14,17H,7-12,15H2,1H3,(H2,22,28). The van der Waals surface area contributed by atoms with E-state index in [1.807, 2.05) is 30.3 Å². The third-order valence-electron chi connectivity index (χ3n) is 5.23. The molecule has 1 aliphatic rings. The van der Waals surface area contributed by atoms with Gasteiger partial charge >= 0.3 is 18.1 Å². The zero-order chi connectivity index (χ0) is 22.2. The fourth-order valence-electron chi connectivity index (χ4n) is 3.46. The number of urea groups is 1. The van der Waals surface area contributed by atoms with Crippen LogP contribution in [0.25, 0.3) is 0 Å². The van der Waals surface area contributed by atoms with Crippen LogP contribution in [0, 0.1) is 0 Å². The van der Waals surface area contributed by atoms with Crippen molar-refractivity contribution >= 4 is 23.8 Å². The number of primary amides is 1. The van der Waals surface area contributed by atoms with Gasteiger partial charge in [0.05, 0.1) is 31.5 Å². The van der Waals surface area contributed by atoms with Gasteiger partial charge in [0.25, 0.3) is 0 Å². The lowest BCUT2D eigenvalue weighted by Crippen LogP contribution is -2.39. The van der Waals surface area contributed by atoms with Crippen LogP contribution in [0.3, 0.4) is 0 Å². The lowest BCUT2D eigenvalue weighted by molar-refractivity contribution is -0.140. The Kier molecular flexibility index (Phi) is 7.47. The molecule has 1 aromatic carbocycles. The maximum absolute atomic E-state index is 12.3. The number of likely N-dealkylation sites (tertiary alicyclic amines) is 1. The summed E-state index contributed by atoms with van der Waals surface area (Å²) in [5.41, 5.74) is 6.91. The van der Waals surface area contributed by atoms with Crippen molar-refractivity contribution in [2.24, 2.45) is 5.73 Å². The molecule has 1 fully saturated rings. The molecule has 2 N–H and O–H groups in total. The third-order valence-corrected chi connectivity index (χ3v) is 5.23. The normalized spacial score (nSPS) is 14.2. The highest BCUT2D eigenvalue weighted by atomic mass is 16.6. The average Bonchev–Trinajstić information content (AvgIpc) is 3.27. The van der Waals surface area contributed by atoms with Crippen LogP contribution >= 0.6 is 0 Å². The summed E-state index contributed by atoms with van der Waals surface area (Å²) in [6.07, 6.45) is 4.40. The van der Waals surface area contributed by atoms with Crippen LogP contribution in [-0.2, 0) is 20.9 Å². The molecule has 1 aliphatic heterocycles. The number of hydrogen-bond donors (Lipinski definition) is 1. The Morgan fingerprint density at radius 2 is 1.90 bits per heavy atom. The highest BCUT2D eigenvalue weighted by Crippen LogP contribution is 2.25. The van der Waals surface area contributed by atoms with Crippen LogP contribution in [0.4, 0.5) is 15.3 Å². The molecule has 2 heterocycles. The molecule has 1 aromatic heterocycles. The highest BCUT2D eigenvalue weighted by Gasteiger charge is 2.26. The monoisotopic (exact) mass is 429 g/mol. The molecule has 3 amide bonds. The Morgan fingerprint density at radius 1 is 1.19 bits per heavy atom. The Hall–Kier alpha value is -3.56. The number of esters is 1. The number of methoxy groups -OCH3 is 1. The summed E-state index contributed by atoms with van der Waals surface area (Å²) < 4.78 is 11.8. The Labute approximate surface area is 180 Å². The lowest BCUT2D eigenvalue weighted by atomic mass is 10.1. The summed E-state index contributed by atoms with van der Waals surface area (Å²) in [7, 11) is 1.29. The lowest BCUT2D eigenvalue weighted by Gasteiger charge is -2.31. The van der Waals surface area contributed by atoms with E-state index >= 15 is 0 Å². The predicted octanol–water partition coefficient (Wildman–Crippen LogP) is 2.30. The number of aromatic nitrogens is 2. The van der Waals surface area contributed by atoms with Gasteiger partial charge in [-0.15, -0.1) is 0 Å². The van der Waals surface area contributed by atoms with Gasteiger partial charge in [0.2, 0.25) is 0 Å². The molecular weight excluding hydrogens is 402 g/mol. The zero-order valence-corrected chi connectivity index (χ0v) is 17.5. The molecule has 0 aliphatic carbocycles. The minimum absolute atomic E-state index is 0.0358. The summed E-state index contributed by atoms with van der Waals surface area (Å²) >= 11 is 0. The summed E-state index contributed by atoms with van der Waals surface area (Å²) in [6.45, 7) is 1.46. The van der Waals surface area contributed by atoms with Crippen LogP contribution in [0.5, 0.6) is 0 Å². The van der Waals surface area contributed by atoms with Crippen LogP contribution in [-0.4, -0.2) is 59.5 Å². The van der Waals surface area contributed by atoms with Gasteiger partial charge in [0.1, 0.15) is 6.61 Å². The molecule has 0 unspecified atom stereocenters. The first kappa shape index (κ1) is 22.1. The van der Waals surface area contributed by atoms with Crippen LogP contribution in [0.15, 0.2) is 42.7 Å². The number of nitrogens with two attached hydrogens (primary N) is 1. The van der Waals surface area contributed by atoms with E-state index in [1.54, 1.807) is 22.0 Å². The first-order chi connectivity index (χ1) is 15.0. The van der Waals surface area contributed by atoms with Crippen molar-refractivity contribution < 1.29 is 23.9 Å². The number of benzene rings is 1. The van der Waals surface area contributed by atoms with E-state index in [-0.39, 0.29) is 31.7 Å². The van der Waals surface area contributed by atoms with Gasteiger partial charge in [-0.1, -0.05) is 30.3 Å². The molecular formula is C21H27N5O5.